The third kappa shape index (κ3) is 5.22. The summed E-state index contributed by atoms with van der Waals surface area (Å²) < 4.78 is 11.8. The van der Waals surface area contributed by atoms with Crippen LogP contribution in [0.5, 0.6) is 11.5 Å². The summed E-state index contributed by atoms with van der Waals surface area (Å²) in [6.07, 6.45) is 11.0. The molecular formula is C29H34N4O2. The SMILES string of the molecule is C#Cc1cccc(Nc2ccnc3cc(OCCCN4CCC5(CC4)CN(C)C5)c(OC)cc23)c1. The van der Waals surface area contributed by atoms with E-state index in [1.54, 1.807) is 13.3 Å². The van der Waals surface area contributed by atoms with E-state index in [2.05, 4.69) is 33.1 Å². The molecule has 1 aromatic heterocycles. The third-order valence-electron chi connectivity index (χ3n) is 7.34. The fourth-order valence-corrected chi connectivity index (χ4v) is 5.51. The zero-order chi connectivity index (χ0) is 24.3. The smallest absolute Gasteiger partial charge is 0.163 e. The first-order chi connectivity index (χ1) is 17.1. The zero-order valence-electron chi connectivity index (χ0n) is 20.7. The van der Waals surface area contributed by atoms with Gasteiger partial charge in [0.2, 0.25) is 0 Å². The highest BCUT2D eigenvalue weighted by atomic mass is 16.5. The average Bonchev–Trinajstić information content (AvgIpc) is 2.86. The minimum Gasteiger partial charge on any atom is -0.493 e. The van der Waals surface area contributed by atoms with Gasteiger partial charge >= 0.3 is 0 Å². The number of nitrogens with one attached hydrogen (secondary N) is 1. The summed E-state index contributed by atoms with van der Waals surface area (Å²) in [5, 5.41) is 4.42. The van der Waals surface area contributed by atoms with E-state index in [1.165, 1.54) is 39.0 Å². The van der Waals surface area contributed by atoms with Crippen molar-refractivity contribution < 1.29 is 9.47 Å². The average molecular weight is 471 g/mol. The van der Waals surface area contributed by atoms with Crippen LogP contribution in [0.4, 0.5) is 11.4 Å². The van der Waals surface area contributed by atoms with Gasteiger partial charge in [-0.05, 0) is 75.1 Å². The second-order valence-electron chi connectivity index (χ2n) is 9.94. The largest absolute Gasteiger partial charge is 0.493 e. The van der Waals surface area contributed by atoms with E-state index < -0.39 is 0 Å². The lowest BCUT2D eigenvalue weighted by Gasteiger charge is -2.53. The lowest BCUT2D eigenvalue weighted by atomic mass is 9.72. The highest BCUT2D eigenvalue weighted by Gasteiger charge is 2.42. The van der Waals surface area contributed by atoms with Crippen LogP contribution in [0.2, 0.25) is 0 Å². The van der Waals surface area contributed by atoms with Crippen molar-refractivity contribution in [3.8, 4) is 23.8 Å². The molecule has 0 amide bonds. The maximum atomic E-state index is 6.16. The van der Waals surface area contributed by atoms with Crippen LogP contribution in [0.1, 0.15) is 24.8 Å². The number of methoxy groups -OCH3 is 1. The number of fused-ring (bicyclic) bond motifs is 1. The van der Waals surface area contributed by atoms with Gasteiger partial charge < -0.3 is 24.6 Å². The van der Waals surface area contributed by atoms with Gasteiger partial charge in [-0.2, -0.15) is 0 Å². The fraction of sp³-hybridized carbons (Fsp3) is 0.414. The number of hydrogen-bond donors (Lipinski definition) is 1. The Morgan fingerprint density at radius 2 is 1.94 bits per heavy atom. The number of anilines is 2. The summed E-state index contributed by atoms with van der Waals surface area (Å²) in [6.45, 7) is 6.69. The van der Waals surface area contributed by atoms with Crippen molar-refractivity contribution in [1.82, 2.24) is 14.8 Å². The van der Waals surface area contributed by atoms with Crippen LogP contribution in [-0.2, 0) is 0 Å². The Bertz CT molecular complexity index is 1220. The summed E-state index contributed by atoms with van der Waals surface area (Å²) in [5.74, 6) is 4.12. The van der Waals surface area contributed by atoms with Crippen molar-refractivity contribution in [1.29, 1.82) is 0 Å². The van der Waals surface area contributed by atoms with E-state index in [1.807, 2.05) is 42.5 Å². The number of terminal acetylenes is 1. The number of hydrogen-bond acceptors (Lipinski definition) is 6. The number of rotatable bonds is 8. The fourth-order valence-electron chi connectivity index (χ4n) is 5.51. The van der Waals surface area contributed by atoms with E-state index in [0.29, 0.717) is 17.8 Å². The molecular weight excluding hydrogens is 436 g/mol. The van der Waals surface area contributed by atoms with Gasteiger partial charge in [0.15, 0.2) is 11.5 Å². The number of ether oxygens (including phenoxy) is 2. The molecule has 0 saturated carbocycles. The van der Waals surface area contributed by atoms with Crippen LogP contribution in [0.15, 0.2) is 48.7 Å². The van der Waals surface area contributed by atoms with Gasteiger partial charge in [0.25, 0.3) is 0 Å². The van der Waals surface area contributed by atoms with Crippen LogP contribution in [0.3, 0.4) is 0 Å². The van der Waals surface area contributed by atoms with Crippen molar-refractivity contribution >= 4 is 22.3 Å². The van der Waals surface area contributed by atoms with Gasteiger partial charge in [0.05, 0.1) is 19.2 Å². The first kappa shape index (κ1) is 23.5. The Morgan fingerprint density at radius 3 is 2.69 bits per heavy atom. The van der Waals surface area contributed by atoms with E-state index >= 15 is 0 Å². The van der Waals surface area contributed by atoms with Crippen molar-refractivity contribution in [3.63, 3.8) is 0 Å². The molecule has 0 unspecified atom stereocenters. The van der Waals surface area contributed by atoms with Crippen LogP contribution in [-0.4, -0.2) is 68.3 Å². The lowest BCUT2D eigenvalue weighted by Crippen LogP contribution is -2.58. The summed E-state index contributed by atoms with van der Waals surface area (Å²) in [7, 11) is 3.90. The monoisotopic (exact) mass is 470 g/mol. The molecule has 3 aromatic rings. The molecule has 2 fully saturated rings. The van der Waals surface area contributed by atoms with E-state index in [0.717, 1.165) is 46.6 Å². The third-order valence-corrected chi connectivity index (χ3v) is 7.34. The van der Waals surface area contributed by atoms with Gasteiger partial charge in [0.1, 0.15) is 0 Å². The molecule has 3 heterocycles. The molecule has 2 aliphatic rings. The standard InChI is InChI=1S/C29H34N4O2/c1-4-22-7-5-8-23(17-22)31-25-9-12-30-26-19-28(27(34-3)18-24(25)26)35-16-6-13-33-14-10-29(11-15-33)20-32(2)21-29/h1,5,7-9,12,17-19H,6,10-11,13-16,20-21H2,2-3H3,(H,30,31). The molecule has 2 saturated heterocycles. The molecule has 0 bridgehead atoms. The van der Waals surface area contributed by atoms with Gasteiger partial charge in [-0.15, -0.1) is 6.42 Å². The summed E-state index contributed by atoms with van der Waals surface area (Å²) in [4.78, 5) is 9.59. The number of aromatic nitrogens is 1. The van der Waals surface area contributed by atoms with Gasteiger partial charge in [-0.25, -0.2) is 0 Å². The predicted molar refractivity (Wildman–Crippen MR) is 142 cm³/mol. The number of benzene rings is 2. The molecule has 6 heteroatoms. The number of piperidine rings is 1. The normalized spacial score (nSPS) is 17.6. The van der Waals surface area contributed by atoms with Gasteiger partial charge in [-0.1, -0.05) is 12.0 Å². The molecule has 1 spiro atoms. The maximum absolute atomic E-state index is 6.16. The highest BCUT2D eigenvalue weighted by molar-refractivity contribution is 5.95. The molecule has 0 atom stereocenters. The summed E-state index contributed by atoms with van der Waals surface area (Å²) in [6, 6.07) is 13.7. The Kier molecular flexibility index (Phi) is 6.81. The first-order valence-corrected chi connectivity index (χ1v) is 12.4. The summed E-state index contributed by atoms with van der Waals surface area (Å²) in [5.41, 5.74) is 4.16. The molecule has 0 radical (unpaired) electrons. The van der Waals surface area contributed by atoms with Crippen molar-refractivity contribution in [2.45, 2.75) is 19.3 Å². The van der Waals surface area contributed by atoms with Crippen molar-refractivity contribution in [2.75, 3.05) is 58.8 Å². The number of likely N-dealkylation sites (tertiary alicyclic amines) is 2. The molecule has 5 rings (SSSR count). The predicted octanol–water partition coefficient (Wildman–Crippen LogP) is 4.76. The number of nitrogens with zero attached hydrogens (tertiary/aromatic N) is 3. The number of pyridine rings is 1. The Balaban J connectivity index is 1.21. The Morgan fingerprint density at radius 1 is 1.11 bits per heavy atom. The maximum Gasteiger partial charge on any atom is 0.163 e. The first-order valence-electron chi connectivity index (χ1n) is 12.4. The molecule has 2 aliphatic heterocycles. The molecule has 0 aliphatic carbocycles. The van der Waals surface area contributed by atoms with Crippen LogP contribution < -0.4 is 14.8 Å². The van der Waals surface area contributed by atoms with E-state index in [4.69, 9.17) is 15.9 Å². The Hall–Kier alpha value is -3.27. The molecule has 182 valence electrons. The van der Waals surface area contributed by atoms with Gasteiger partial charge in [-0.3, -0.25) is 4.98 Å². The summed E-state index contributed by atoms with van der Waals surface area (Å²) >= 11 is 0. The van der Waals surface area contributed by atoms with Crippen molar-refractivity contribution in [2.24, 2.45) is 5.41 Å². The molecule has 6 nitrogen and oxygen atoms in total. The van der Waals surface area contributed by atoms with Gasteiger partial charge in [0, 0.05) is 54.2 Å². The van der Waals surface area contributed by atoms with E-state index in [-0.39, 0.29) is 0 Å². The van der Waals surface area contributed by atoms with Crippen LogP contribution >= 0.6 is 0 Å². The highest BCUT2D eigenvalue weighted by Crippen LogP contribution is 2.39. The quantitative estimate of drug-likeness (QED) is 0.378. The topological polar surface area (TPSA) is 49.9 Å². The van der Waals surface area contributed by atoms with Crippen molar-refractivity contribution in [3.05, 3.63) is 54.2 Å². The lowest BCUT2D eigenvalue weighted by molar-refractivity contribution is -0.0318. The zero-order valence-corrected chi connectivity index (χ0v) is 20.7. The molecule has 35 heavy (non-hydrogen) atoms. The molecule has 1 N–H and O–H groups in total. The second kappa shape index (κ2) is 10.2. The van der Waals surface area contributed by atoms with E-state index in [9.17, 15) is 0 Å². The minimum absolute atomic E-state index is 0.602. The van der Waals surface area contributed by atoms with Crippen LogP contribution in [0, 0.1) is 17.8 Å². The second-order valence-corrected chi connectivity index (χ2v) is 9.94. The molecule has 2 aromatic carbocycles. The van der Waals surface area contributed by atoms with Crippen LogP contribution in [0.25, 0.3) is 10.9 Å². The minimum atomic E-state index is 0.602. The Labute approximate surface area is 208 Å².